The van der Waals surface area contributed by atoms with Crippen molar-refractivity contribution in [1.29, 1.82) is 0 Å². The molecule has 25 heavy (non-hydrogen) atoms. The Morgan fingerprint density at radius 3 is 2.32 bits per heavy atom. The Hall–Kier alpha value is -2.69. The van der Waals surface area contributed by atoms with Gasteiger partial charge in [0.15, 0.2) is 6.10 Å². The van der Waals surface area contributed by atoms with Crippen LogP contribution in [0.25, 0.3) is 0 Å². The average Bonchev–Trinajstić information content (AvgIpc) is 2.61. The molecule has 0 radical (unpaired) electrons. The zero-order chi connectivity index (χ0) is 18.2. The Labute approximate surface area is 147 Å². The summed E-state index contributed by atoms with van der Waals surface area (Å²) in [5.74, 6) is -1.44. The molecule has 0 aliphatic heterocycles. The number of halogens is 1. The quantitative estimate of drug-likeness (QED) is 0.783. The number of hydrogen-bond acceptors (Lipinski definition) is 3. The minimum absolute atomic E-state index is 0.0420. The molecule has 2 rings (SSSR count). The van der Waals surface area contributed by atoms with Gasteiger partial charge in [0.1, 0.15) is 5.82 Å². The number of carbonyl (C=O) groups excluding carboxylic acids is 2. The number of esters is 1. The van der Waals surface area contributed by atoms with Crippen molar-refractivity contribution < 1.29 is 18.7 Å². The third kappa shape index (κ3) is 6.03. The number of carbonyl (C=O) groups is 2. The van der Waals surface area contributed by atoms with Gasteiger partial charge in [0.05, 0.1) is 5.56 Å². The minimum atomic E-state index is -0.920. The fraction of sp³-hybridized carbons (Fsp3) is 0.300. The van der Waals surface area contributed by atoms with Gasteiger partial charge < -0.3 is 10.1 Å². The molecule has 0 heterocycles. The molecule has 0 saturated carbocycles. The molecule has 1 N–H and O–H groups in total. The van der Waals surface area contributed by atoms with Gasteiger partial charge in [-0.05, 0) is 56.5 Å². The van der Waals surface area contributed by atoms with Crippen LogP contribution in [-0.4, -0.2) is 24.0 Å². The van der Waals surface area contributed by atoms with Gasteiger partial charge in [-0.1, -0.05) is 30.3 Å². The Kier molecular flexibility index (Phi) is 6.69. The van der Waals surface area contributed by atoms with E-state index in [1.54, 1.807) is 0 Å². The van der Waals surface area contributed by atoms with E-state index in [-0.39, 0.29) is 17.5 Å². The van der Waals surface area contributed by atoms with E-state index in [4.69, 9.17) is 4.74 Å². The number of hydrogen-bond donors (Lipinski definition) is 1. The fourth-order valence-electron chi connectivity index (χ4n) is 2.33. The van der Waals surface area contributed by atoms with Crippen LogP contribution in [0.1, 0.15) is 36.2 Å². The van der Waals surface area contributed by atoms with Crippen molar-refractivity contribution in [3.8, 4) is 0 Å². The monoisotopic (exact) mass is 343 g/mol. The van der Waals surface area contributed by atoms with E-state index >= 15 is 0 Å². The van der Waals surface area contributed by atoms with Crippen LogP contribution in [0, 0.1) is 5.82 Å². The van der Waals surface area contributed by atoms with Gasteiger partial charge in [-0.25, -0.2) is 9.18 Å². The number of nitrogens with one attached hydrogen (secondary N) is 1. The highest BCUT2D eigenvalue weighted by Crippen LogP contribution is 2.08. The number of ether oxygens (including phenoxy) is 1. The van der Waals surface area contributed by atoms with Crippen LogP contribution in [0.2, 0.25) is 0 Å². The summed E-state index contributed by atoms with van der Waals surface area (Å²) in [6, 6.07) is 15.0. The van der Waals surface area contributed by atoms with Crippen molar-refractivity contribution in [1.82, 2.24) is 5.32 Å². The molecule has 132 valence electrons. The topological polar surface area (TPSA) is 55.4 Å². The molecule has 0 fully saturated rings. The molecule has 2 aromatic carbocycles. The smallest absolute Gasteiger partial charge is 0.338 e. The summed E-state index contributed by atoms with van der Waals surface area (Å²) >= 11 is 0. The van der Waals surface area contributed by atoms with Crippen molar-refractivity contribution in [2.45, 2.75) is 38.8 Å². The maximum atomic E-state index is 12.9. The van der Waals surface area contributed by atoms with Crippen molar-refractivity contribution >= 4 is 11.9 Å². The highest BCUT2D eigenvalue weighted by atomic mass is 19.1. The number of aryl methyl sites for hydroxylation is 1. The zero-order valence-electron chi connectivity index (χ0n) is 14.4. The maximum Gasteiger partial charge on any atom is 0.338 e. The molecule has 5 heteroatoms. The molecule has 0 saturated heterocycles. The first-order valence-electron chi connectivity index (χ1n) is 8.26. The molecule has 2 aromatic rings. The van der Waals surface area contributed by atoms with Gasteiger partial charge in [0.25, 0.3) is 5.91 Å². The zero-order valence-corrected chi connectivity index (χ0v) is 14.4. The lowest BCUT2D eigenvalue weighted by atomic mass is 10.1. The van der Waals surface area contributed by atoms with Crippen LogP contribution in [0.3, 0.4) is 0 Å². The van der Waals surface area contributed by atoms with Gasteiger partial charge >= 0.3 is 5.97 Å². The van der Waals surface area contributed by atoms with Gasteiger partial charge in [0.2, 0.25) is 0 Å². The molecule has 0 aliphatic rings. The van der Waals surface area contributed by atoms with Crippen LogP contribution in [0.4, 0.5) is 4.39 Å². The first-order valence-corrected chi connectivity index (χ1v) is 8.26. The van der Waals surface area contributed by atoms with E-state index < -0.39 is 17.9 Å². The normalized spacial score (nSPS) is 12.9. The van der Waals surface area contributed by atoms with Crippen LogP contribution < -0.4 is 5.32 Å². The standard InChI is InChI=1S/C20H22FNO3/c1-14(8-9-16-6-4-3-5-7-16)22-19(23)15(2)25-20(24)17-10-12-18(21)13-11-17/h3-7,10-15H,8-9H2,1-2H3,(H,22,23)/t14-,15+/m0/s1. The SMILES string of the molecule is C[C@@H](CCc1ccccc1)NC(=O)[C@@H](C)OC(=O)c1ccc(F)cc1. The predicted molar refractivity (Wildman–Crippen MR) is 93.6 cm³/mol. The minimum Gasteiger partial charge on any atom is -0.449 e. The molecule has 0 spiro atoms. The van der Waals surface area contributed by atoms with Crippen molar-refractivity contribution in [3.05, 3.63) is 71.5 Å². The second-order valence-electron chi connectivity index (χ2n) is 5.99. The number of amides is 1. The van der Waals surface area contributed by atoms with Gasteiger partial charge in [-0.2, -0.15) is 0 Å². The van der Waals surface area contributed by atoms with E-state index in [1.165, 1.54) is 36.8 Å². The predicted octanol–water partition coefficient (Wildman–Crippen LogP) is 3.51. The fourth-order valence-corrected chi connectivity index (χ4v) is 2.33. The molecule has 0 aromatic heterocycles. The Morgan fingerprint density at radius 1 is 1.04 bits per heavy atom. The molecular formula is C20H22FNO3. The summed E-state index contributed by atoms with van der Waals surface area (Å²) < 4.78 is 18.0. The number of rotatable bonds is 7. The largest absolute Gasteiger partial charge is 0.449 e. The van der Waals surface area contributed by atoms with E-state index in [0.29, 0.717) is 0 Å². The van der Waals surface area contributed by atoms with Crippen molar-refractivity contribution in [2.24, 2.45) is 0 Å². The lowest BCUT2D eigenvalue weighted by Crippen LogP contribution is -2.41. The van der Waals surface area contributed by atoms with E-state index in [9.17, 15) is 14.0 Å². The Bertz CT molecular complexity index is 701. The van der Waals surface area contributed by atoms with Gasteiger partial charge in [0, 0.05) is 6.04 Å². The molecule has 0 bridgehead atoms. The molecule has 2 atom stereocenters. The van der Waals surface area contributed by atoms with Crippen LogP contribution >= 0.6 is 0 Å². The van der Waals surface area contributed by atoms with Crippen LogP contribution in [0.15, 0.2) is 54.6 Å². The van der Waals surface area contributed by atoms with E-state index in [1.807, 2.05) is 37.3 Å². The van der Waals surface area contributed by atoms with E-state index in [2.05, 4.69) is 5.32 Å². The number of benzene rings is 2. The second-order valence-corrected chi connectivity index (χ2v) is 5.99. The highest BCUT2D eigenvalue weighted by Gasteiger charge is 2.20. The molecule has 1 amide bonds. The van der Waals surface area contributed by atoms with Crippen molar-refractivity contribution in [3.63, 3.8) is 0 Å². The molecule has 4 nitrogen and oxygen atoms in total. The Morgan fingerprint density at radius 2 is 1.68 bits per heavy atom. The molecule has 0 aliphatic carbocycles. The van der Waals surface area contributed by atoms with Crippen LogP contribution in [0.5, 0.6) is 0 Å². The Balaban J connectivity index is 1.79. The van der Waals surface area contributed by atoms with E-state index in [0.717, 1.165) is 12.8 Å². The maximum absolute atomic E-state index is 12.9. The average molecular weight is 343 g/mol. The van der Waals surface area contributed by atoms with Gasteiger partial charge in [-0.3, -0.25) is 4.79 Å². The first kappa shape index (κ1) is 18.6. The second kappa shape index (κ2) is 8.97. The molecule has 0 unspecified atom stereocenters. The summed E-state index contributed by atoms with van der Waals surface area (Å²) in [6.07, 6.45) is 0.720. The lowest BCUT2D eigenvalue weighted by molar-refractivity contribution is -0.129. The molecular weight excluding hydrogens is 321 g/mol. The summed E-state index contributed by atoms with van der Waals surface area (Å²) in [7, 11) is 0. The summed E-state index contributed by atoms with van der Waals surface area (Å²) in [5.41, 5.74) is 1.41. The third-order valence-electron chi connectivity index (χ3n) is 3.83. The third-order valence-corrected chi connectivity index (χ3v) is 3.83. The van der Waals surface area contributed by atoms with Crippen LogP contribution in [-0.2, 0) is 16.0 Å². The highest BCUT2D eigenvalue weighted by molar-refractivity contribution is 5.92. The summed E-state index contributed by atoms with van der Waals surface area (Å²) in [4.78, 5) is 24.1. The van der Waals surface area contributed by atoms with Crippen molar-refractivity contribution in [2.75, 3.05) is 0 Å². The summed E-state index contributed by atoms with van der Waals surface area (Å²) in [6.45, 7) is 3.43. The summed E-state index contributed by atoms with van der Waals surface area (Å²) in [5, 5.41) is 2.84. The lowest BCUT2D eigenvalue weighted by Gasteiger charge is -2.18. The van der Waals surface area contributed by atoms with Gasteiger partial charge in [-0.15, -0.1) is 0 Å². The first-order chi connectivity index (χ1) is 12.0.